The molecule has 6 nitrogen and oxygen atoms in total. The molecule has 0 radical (unpaired) electrons. The second-order valence-electron chi connectivity index (χ2n) is 8.88. The van der Waals surface area contributed by atoms with Gasteiger partial charge in [0.2, 0.25) is 29.0 Å². The van der Waals surface area contributed by atoms with E-state index in [9.17, 15) is 23.6 Å². The lowest BCUT2D eigenvalue weighted by molar-refractivity contribution is -0.127. The van der Waals surface area contributed by atoms with E-state index in [1.54, 1.807) is 42.5 Å². The summed E-state index contributed by atoms with van der Waals surface area (Å²) in [6, 6.07) is 18.6. The maximum Gasteiger partial charge on any atom is 0.241 e. The number of halogens is 1. The van der Waals surface area contributed by atoms with Crippen molar-refractivity contribution in [3.63, 3.8) is 0 Å². The molecule has 34 heavy (non-hydrogen) atoms. The average molecular weight is 455 g/mol. The standard InChI is InChI=1S/C27H18FNO5/c1-14-9-11-17(12-10-14)29-25(32)20-21(26(29)33)27(34-22(20)15-5-4-6-16(28)13-15)23(30)18-7-2-3-8-19(18)24(27)31/h2-13,20-22H,1H3/t20-,21-,22+/m0/s1. The Bertz CT molecular complexity index is 1380. The molecule has 3 aliphatic rings. The first-order valence-electron chi connectivity index (χ1n) is 10.9. The van der Waals surface area contributed by atoms with Crippen LogP contribution in [-0.2, 0) is 14.3 Å². The number of carbonyl (C=O) groups is 4. The first kappa shape index (κ1) is 20.6. The topological polar surface area (TPSA) is 80.8 Å². The summed E-state index contributed by atoms with van der Waals surface area (Å²) in [6.45, 7) is 1.88. The third-order valence-electron chi connectivity index (χ3n) is 6.99. The van der Waals surface area contributed by atoms with Crippen LogP contribution in [0.5, 0.6) is 0 Å². The number of carbonyl (C=O) groups excluding carboxylic acids is 4. The zero-order chi connectivity index (χ0) is 23.8. The van der Waals surface area contributed by atoms with Gasteiger partial charge in [0.15, 0.2) is 0 Å². The zero-order valence-corrected chi connectivity index (χ0v) is 18.0. The lowest BCUT2D eigenvalue weighted by Gasteiger charge is -2.27. The molecular formula is C27H18FNO5. The number of imide groups is 1. The van der Waals surface area contributed by atoms with Gasteiger partial charge in [-0.25, -0.2) is 9.29 Å². The number of ether oxygens (including phenoxy) is 1. The molecule has 1 aliphatic carbocycles. The van der Waals surface area contributed by atoms with E-state index in [-0.39, 0.29) is 16.7 Å². The zero-order valence-electron chi connectivity index (χ0n) is 18.0. The van der Waals surface area contributed by atoms with Crippen molar-refractivity contribution in [2.75, 3.05) is 4.90 Å². The highest BCUT2D eigenvalue weighted by Gasteiger charge is 2.74. The SMILES string of the molecule is Cc1ccc(N2C(=O)[C@@H]3[C@@H](c4cccc(F)c4)OC4(C(=O)c5ccccc5C4=O)[C@@H]3C2=O)cc1. The maximum absolute atomic E-state index is 14.1. The van der Waals surface area contributed by atoms with Crippen molar-refractivity contribution in [1.29, 1.82) is 0 Å². The number of hydrogen-bond acceptors (Lipinski definition) is 5. The lowest BCUT2D eigenvalue weighted by atomic mass is 9.77. The Morgan fingerprint density at radius 3 is 2.09 bits per heavy atom. The Hall–Kier alpha value is -3.97. The molecule has 3 aromatic carbocycles. The predicted molar refractivity (Wildman–Crippen MR) is 119 cm³/mol. The van der Waals surface area contributed by atoms with E-state index in [0.29, 0.717) is 5.69 Å². The van der Waals surface area contributed by atoms with Gasteiger partial charge in [-0.05, 0) is 36.8 Å². The lowest BCUT2D eigenvalue weighted by Crippen LogP contribution is -2.51. The van der Waals surface area contributed by atoms with Crippen LogP contribution in [0.25, 0.3) is 0 Å². The number of benzene rings is 3. The number of ketones is 2. The first-order valence-corrected chi connectivity index (χ1v) is 10.9. The first-order chi connectivity index (χ1) is 16.3. The fourth-order valence-corrected chi connectivity index (χ4v) is 5.45. The summed E-state index contributed by atoms with van der Waals surface area (Å²) in [4.78, 5) is 55.8. The van der Waals surface area contributed by atoms with Gasteiger partial charge >= 0.3 is 0 Å². The summed E-state index contributed by atoms with van der Waals surface area (Å²) in [7, 11) is 0. The largest absolute Gasteiger partial charge is 0.349 e. The molecule has 6 rings (SSSR count). The molecule has 2 heterocycles. The van der Waals surface area contributed by atoms with Crippen LogP contribution in [-0.4, -0.2) is 29.0 Å². The van der Waals surface area contributed by atoms with Gasteiger partial charge in [0, 0.05) is 11.1 Å². The number of fused-ring (bicyclic) bond motifs is 3. The van der Waals surface area contributed by atoms with Gasteiger partial charge in [0.05, 0.1) is 23.6 Å². The molecule has 2 aliphatic heterocycles. The second-order valence-corrected chi connectivity index (χ2v) is 8.88. The maximum atomic E-state index is 14.1. The van der Waals surface area contributed by atoms with Crippen LogP contribution in [0.15, 0.2) is 72.8 Å². The molecule has 2 fully saturated rings. The summed E-state index contributed by atoms with van der Waals surface area (Å²) in [5.74, 6) is -5.62. The van der Waals surface area contributed by atoms with E-state index in [2.05, 4.69) is 0 Å². The van der Waals surface area contributed by atoms with Gasteiger partial charge in [-0.15, -0.1) is 0 Å². The molecule has 2 saturated heterocycles. The van der Waals surface area contributed by atoms with Gasteiger partial charge in [-0.1, -0.05) is 54.1 Å². The van der Waals surface area contributed by atoms with Crippen LogP contribution in [0.4, 0.5) is 10.1 Å². The second kappa shape index (κ2) is 7.01. The molecular weight excluding hydrogens is 437 g/mol. The van der Waals surface area contributed by atoms with Gasteiger partial charge < -0.3 is 4.74 Å². The highest BCUT2D eigenvalue weighted by atomic mass is 19.1. The number of nitrogens with zero attached hydrogens (tertiary/aromatic N) is 1. The number of rotatable bonds is 2. The summed E-state index contributed by atoms with van der Waals surface area (Å²) in [5, 5.41) is 0. The number of anilines is 1. The van der Waals surface area contributed by atoms with E-state index < -0.39 is 52.7 Å². The quantitative estimate of drug-likeness (QED) is 0.433. The molecule has 0 bridgehead atoms. The monoisotopic (exact) mass is 455 g/mol. The van der Waals surface area contributed by atoms with E-state index in [4.69, 9.17) is 4.74 Å². The molecule has 7 heteroatoms. The van der Waals surface area contributed by atoms with Crippen LogP contribution in [0.3, 0.4) is 0 Å². The average Bonchev–Trinajstić information content (AvgIpc) is 3.40. The predicted octanol–water partition coefficient (Wildman–Crippen LogP) is 3.83. The number of aryl methyl sites for hydroxylation is 1. The summed E-state index contributed by atoms with van der Waals surface area (Å²) < 4.78 is 20.2. The van der Waals surface area contributed by atoms with E-state index in [0.717, 1.165) is 10.5 Å². The minimum atomic E-state index is -2.17. The van der Waals surface area contributed by atoms with Crippen molar-refractivity contribution in [3.8, 4) is 0 Å². The summed E-state index contributed by atoms with van der Waals surface area (Å²) in [5.41, 5.74) is -0.288. The highest BCUT2D eigenvalue weighted by molar-refractivity contribution is 6.37. The molecule has 2 amide bonds. The smallest absolute Gasteiger partial charge is 0.241 e. The Morgan fingerprint density at radius 2 is 1.47 bits per heavy atom. The van der Waals surface area contributed by atoms with Crippen molar-refractivity contribution in [3.05, 3.63) is 101 Å². The Labute approximate surface area is 193 Å². The normalized spacial score (nSPS) is 24.8. The Balaban J connectivity index is 1.55. The number of hydrogen-bond donors (Lipinski definition) is 0. The van der Waals surface area contributed by atoms with Gasteiger partial charge in [0.1, 0.15) is 5.82 Å². The Kier molecular flexibility index (Phi) is 4.25. The number of amides is 2. The molecule has 0 unspecified atom stereocenters. The van der Waals surface area contributed by atoms with Gasteiger partial charge in [-0.2, -0.15) is 0 Å². The van der Waals surface area contributed by atoms with E-state index in [1.165, 1.54) is 30.3 Å². The van der Waals surface area contributed by atoms with Crippen LogP contribution >= 0.6 is 0 Å². The van der Waals surface area contributed by atoms with Crippen molar-refractivity contribution < 1.29 is 28.3 Å². The molecule has 3 atom stereocenters. The van der Waals surface area contributed by atoms with Crippen LogP contribution in [0, 0.1) is 24.6 Å². The van der Waals surface area contributed by atoms with Gasteiger partial charge in [0.25, 0.3) is 0 Å². The van der Waals surface area contributed by atoms with Crippen LogP contribution in [0.1, 0.15) is 37.9 Å². The van der Waals surface area contributed by atoms with Crippen molar-refractivity contribution in [2.24, 2.45) is 11.8 Å². The highest BCUT2D eigenvalue weighted by Crippen LogP contribution is 2.57. The molecule has 1 spiro atoms. The number of Topliss-reactive ketones (excluding diaryl/α,β-unsaturated/α-hetero) is 2. The third kappa shape index (κ3) is 2.53. The van der Waals surface area contributed by atoms with Crippen LogP contribution in [0.2, 0.25) is 0 Å². The minimum Gasteiger partial charge on any atom is -0.349 e. The molecule has 3 aromatic rings. The van der Waals surface area contributed by atoms with E-state index >= 15 is 0 Å². The Morgan fingerprint density at radius 1 is 0.824 bits per heavy atom. The van der Waals surface area contributed by atoms with Crippen molar-refractivity contribution in [1.82, 2.24) is 0 Å². The molecule has 0 N–H and O–H groups in total. The van der Waals surface area contributed by atoms with E-state index in [1.807, 2.05) is 6.92 Å². The summed E-state index contributed by atoms with van der Waals surface area (Å²) in [6.07, 6.45) is -1.14. The van der Waals surface area contributed by atoms with Gasteiger partial charge in [-0.3, -0.25) is 19.2 Å². The fourth-order valence-electron chi connectivity index (χ4n) is 5.45. The molecule has 0 aromatic heterocycles. The van der Waals surface area contributed by atoms with Crippen molar-refractivity contribution in [2.45, 2.75) is 18.6 Å². The molecule has 0 saturated carbocycles. The summed E-state index contributed by atoms with van der Waals surface area (Å²) >= 11 is 0. The third-order valence-corrected chi connectivity index (χ3v) is 6.99. The van der Waals surface area contributed by atoms with Crippen LogP contribution < -0.4 is 4.90 Å². The molecule has 168 valence electrons. The van der Waals surface area contributed by atoms with Crippen molar-refractivity contribution >= 4 is 29.1 Å². The fraction of sp³-hybridized carbons (Fsp3) is 0.185. The minimum absolute atomic E-state index is 0.153.